The Balaban J connectivity index is 1.46. The molecule has 3 fully saturated rings. The third kappa shape index (κ3) is 2.79. The van der Waals surface area contributed by atoms with Gasteiger partial charge >= 0.3 is 0 Å². The van der Waals surface area contributed by atoms with E-state index in [0.29, 0.717) is 13.2 Å². The molecule has 0 aromatic rings. The number of hydrogen-bond acceptors (Lipinski definition) is 3. The molecule has 108 valence electrons. The Bertz CT molecular complexity index is 334. The second-order valence-electron chi connectivity index (χ2n) is 6.49. The molecule has 19 heavy (non-hydrogen) atoms. The third-order valence-corrected chi connectivity index (χ3v) is 5.31. The molecule has 5 atom stereocenters. The Labute approximate surface area is 115 Å². The van der Waals surface area contributed by atoms with Crippen molar-refractivity contribution in [3.63, 3.8) is 0 Å². The van der Waals surface area contributed by atoms with Crippen molar-refractivity contribution in [1.82, 2.24) is 10.6 Å². The number of fused-ring (bicyclic) bond motifs is 2. The molecule has 1 heterocycles. The number of carbonyl (C=O) groups excluding carboxylic acids is 1. The molecule has 1 amide bonds. The zero-order valence-electron chi connectivity index (χ0n) is 11.9. The molecule has 0 spiro atoms. The predicted molar refractivity (Wildman–Crippen MR) is 73.7 cm³/mol. The van der Waals surface area contributed by atoms with Gasteiger partial charge in [-0.1, -0.05) is 13.3 Å². The minimum atomic E-state index is -0.00135. The highest BCUT2D eigenvalue weighted by Crippen LogP contribution is 2.47. The molecule has 4 nitrogen and oxygen atoms in total. The van der Waals surface area contributed by atoms with Gasteiger partial charge in [0, 0.05) is 12.6 Å². The SMILES string of the molecule is CCNC1COCC1C(=O)NCC1CC2CCC1C2. The van der Waals surface area contributed by atoms with Gasteiger partial charge in [0.1, 0.15) is 0 Å². The van der Waals surface area contributed by atoms with Gasteiger partial charge in [0.05, 0.1) is 19.1 Å². The Morgan fingerprint density at radius 1 is 1.26 bits per heavy atom. The average molecular weight is 266 g/mol. The molecule has 2 saturated carbocycles. The highest BCUT2D eigenvalue weighted by Gasteiger charge is 2.40. The van der Waals surface area contributed by atoms with Crippen LogP contribution in [0.15, 0.2) is 0 Å². The Morgan fingerprint density at radius 3 is 2.84 bits per heavy atom. The molecule has 1 saturated heterocycles. The second-order valence-corrected chi connectivity index (χ2v) is 6.49. The number of nitrogens with one attached hydrogen (secondary N) is 2. The summed E-state index contributed by atoms with van der Waals surface area (Å²) in [7, 11) is 0. The maximum atomic E-state index is 12.3. The van der Waals surface area contributed by atoms with E-state index < -0.39 is 0 Å². The van der Waals surface area contributed by atoms with Crippen LogP contribution in [0.1, 0.15) is 32.6 Å². The summed E-state index contributed by atoms with van der Waals surface area (Å²) < 4.78 is 5.44. The second kappa shape index (κ2) is 5.80. The van der Waals surface area contributed by atoms with Crippen LogP contribution in [0.25, 0.3) is 0 Å². The molecule has 2 N–H and O–H groups in total. The van der Waals surface area contributed by atoms with Gasteiger partial charge in [-0.3, -0.25) is 4.79 Å². The van der Waals surface area contributed by atoms with E-state index in [1.807, 2.05) is 0 Å². The summed E-state index contributed by atoms with van der Waals surface area (Å²) in [6.45, 7) is 5.09. The zero-order chi connectivity index (χ0) is 13.2. The number of ether oxygens (including phenoxy) is 1. The van der Waals surface area contributed by atoms with Gasteiger partial charge in [0.15, 0.2) is 0 Å². The number of likely N-dealkylation sites (N-methyl/N-ethyl adjacent to an activating group) is 1. The number of hydrogen-bond donors (Lipinski definition) is 2. The lowest BCUT2D eigenvalue weighted by molar-refractivity contribution is -0.125. The first-order valence-corrected chi connectivity index (χ1v) is 7.86. The van der Waals surface area contributed by atoms with E-state index in [1.54, 1.807) is 0 Å². The smallest absolute Gasteiger partial charge is 0.227 e. The zero-order valence-corrected chi connectivity index (χ0v) is 11.9. The van der Waals surface area contributed by atoms with E-state index in [-0.39, 0.29) is 17.9 Å². The topological polar surface area (TPSA) is 50.4 Å². The van der Waals surface area contributed by atoms with Gasteiger partial charge in [-0.15, -0.1) is 0 Å². The van der Waals surface area contributed by atoms with Gasteiger partial charge < -0.3 is 15.4 Å². The maximum absolute atomic E-state index is 12.3. The van der Waals surface area contributed by atoms with E-state index >= 15 is 0 Å². The molecule has 0 aromatic heterocycles. The summed E-state index contributed by atoms with van der Waals surface area (Å²) in [6.07, 6.45) is 5.56. The van der Waals surface area contributed by atoms with E-state index in [4.69, 9.17) is 4.74 Å². The van der Waals surface area contributed by atoms with Crippen LogP contribution < -0.4 is 10.6 Å². The lowest BCUT2D eigenvalue weighted by atomic mass is 9.88. The summed E-state index contributed by atoms with van der Waals surface area (Å²) in [5.74, 6) is 2.76. The molecular formula is C15H26N2O2. The summed E-state index contributed by atoms with van der Waals surface area (Å²) >= 11 is 0. The van der Waals surface area contributed by atoms with Gasteiger partial charge in [-0.05, 0) is 43.6 Å². The van der Waals surface area contributed by atoms with Gasteiger partial charge in [-0.25, -0.2) is 0 Å². The highest BCUT2D eigenvalue weighted by atomic mass is 16.5. The van der Waals surface area contributed by atoms with Crippen molar-refractivity contribution in [2.24, 2.45) is 23.7 Å². The lowest BCUT2D eigenvalue weighted by Crippen LogP contribution is -2.45. The van der Waals surface area contributed by atoms with E-state index in [1.165, 1.54) is 25.7 Å². The normalized spacial score (nSPS) is 40.8. The maximum Gasteiger partial charge on any atom is 0.227 e. The van der Waals surface area contributed by atoms with Crippen LogP contribution in [0, 0.1) is 23.7 Å². The Morgan fingerprint density at radius 2 is 2.16 bits per heavy atom. The Kier molecular flexibility index (Phi) is 4.08. The third-order valence-electron chi connectivity index (χ3n) is 5.31. The molecule has 4 heteroatoms. The fourth-order valence-electron chi connectivity index (χ4n) is 4.27. The minimum Gasteiger partial charge on any atom is -0.379 e. The summed E-state index contributed by atoms with van der Waals surface area (Å²) in [6, 6.07) is 0.199. The first-order chi connectivity index (χ1) is 9.28. The summed E-state index contributed by atoms with van der Waals surface area (Å²) in [4.78, 5) is 12.3. The fourth-order valence-corrected chi connectivity index (χ4v) is 4.27. The molecule has 3 rings (SSSR count). The standard InChI is InChI=1S/C15H26N2O2/c1-2-16-14-9-19-8-13(14)15(18)17-7-12-6-10-3-4-11(12)5-10/h10-14,16H,2-9H2,1H3,(H,17,18). The average Bonchev–Trinajstić information content (AvgIpc) is 3.11. The van der Waals surface area contributed by atoms with Gasteiger partial charge in [0.2, 0.25) is 5.91 Å². The highest BCUT2D eigenvalue weighted by molar-refractivity contribution is 5.79. The molecule has 2 aliphatic carbocycles. The van der Waals surface area contributed by atoms with Crippen molar-refractivity contribution in [2.45, 2.75) is 38.6 Å². The van der Waals surface area contributed by atoms with Gasteiger partial charge in [0.25, 0.3) is 0 Å². The number of rotatable bonds is 5. The first kappa shape index (κ1) is 13.4. The van der Waals surface area contributed by atoms with Gasteiger partial charge in [-0.2, -0.15) is 0 Å². The van der Waals surface area contributed by atoms with Crippen molar-refractivity contribution in [1.29, 1.82) is 0 Å². The molecular weight excluding hydrogens is 240 g/mol. The summed E-state index contributed by atoms with van der Waals surface area (Å²) in [5.41, 5.74) is 0. The van der Waals surface area contributed by atoms with Crippen LogP contribution in [0.2, 0.25) is 0 Å². The predicted octanol–water partition coefficient (Wildman–Crippen LogP) is 1.16. The van der Waals surface area contributed by atoms with Crippen LogP contribution >= 0.6 is 0 Å². The Hall–Kier alpha value is -0.610. The van der Waals surface area contributed by atoms with Crippen molar-refractivity contribution in [2.75, 3.05) is 26.3 Å². The largest absolute Gasteiger partial charge is 0.379 e. The molecule has 0 radical (unpaired) electrons. The monoisotopic (exact) mass is 266 g/mol. The van der Waals surface area contributed by atoms with Crippen molar-refractivity contribution in [3.05, 3.63) is 0 Å². The molecule has 0 aromatic carbocycles. The first-order valence-electron chi connectivity index (χ1n) is 7.86. The molecule has 3 aliphatic rings. The van der Waals surface area contributed by atoms with Crippen LogP contribution in [0.5, 0.6) is 0 Å². The van der Waals surface area contributed by atoms with E-state index in [9.17, 15) is 4.79 Å². The van der Waals surface area contributed by atoms with E-state index in [2.05, 4.69) is 17.6 Å². The minimum absolute atomic E-state index is 0.00135. The van der Waals surface area contributed by atoms with Crippen LogP contribution in [0.4, 0.5) is 0 Å². The molecule has 5 unspecified atom stereocenters. The van der Waals surface area contributed by atoms with Crippen molar-refractivity contribution >= 4 is 5.91 Å². The number of carbonyl (C=O) groups is 1. The summed E-state index contributed by atoms with van der Waals surface area (Å²) in [5, 5.41) is 6.53. The quantitative estimate of drug-likeness (QED) is 0.785. The fraction of sp³-hybridized carbons (Fsp3) is 0.933. The number of amides is 1. The van der Waals surface area contributed by atoms with Crippen LogP contribution in [-0.4, -0.2) is 38.3 Å². The molecule has 1 aliphatic heterocycles. The van der Waals surface area contributed by atoms with Crippen molar-refractivity contribution < 1.29 is 9.53 Å². The van der Waals surface area contributed by atoms with Crippen molar-refractivity contribution in [3.8, 4) is 0 Å². The van der Waals surface area contributed by atoms with Crippen LogP contribution in [-0.2, 0) is 9.53 Å². The van der Waals surface area contributed by atoms with E-state index in [0.717, 1.165) is 30.8 Å². The molecule has 2 bridgehead atoms. The van der Waals surface area contributed by atoms with Crippen LogP contribution in [0.3, 0.4) is 0 Å². The lowest BCUT2D eigenvalue weighted by Gasteiger charge is -2.24.